The van der Waals surface area contributed by atoms with Crippen molar-refractivity contribution < 1.29 is 9.90 Å². The topological polar surface area (TPSA) is 37.3 Å². The van der Waals surface area contributed by atoms with Gasteiger partial charge in [0.1, 0.15) is 0 Å². The summed E-state index contributed by atoms with van der Waals surface area (Å²) in [7, 11) is 0. The zero-order chi connectivity index (χ0) is 8.43. The molecule has 0 spiro atoms. The summed E-state index contributed by atoms with van der Waals surface area (Å²) in [6.07, 6.45) is 4.38. The number of carboxylic acids is 1. The first kappa shape index (κ1) is 8.05. The molecule has 0 amide bonds. The summed E-state index contributed by atoms with van der Waals surface area (Å²) in [6.45, 7) is 4.07. The van der Waals surface area contributed by atoms with Gasteiger partial charge in [-0.05, 0) is 25.3 Å². The van der Waals surface area contributed by atoms with Crippen LogP contribution in [-0.2, 0) is 4.79 Å². The fourth-order valence-corrected chi connectivity index (χ4v) is 1.09. The molecule has 0 bridgehead atoms. The van der Waals surface area contributed by atoms with Gasteiger partial charge in [0.2, 0.25) is 0 Å². The van der Waals surface area contributed by atoms with Crippen LogP contribution in [0.1, 0.15) is 20.3 Å². The second-order valence-electron chi connectivity index (χ2n) is 2.99. The van der Waals surface area contributed by atoms with Crippen LogP contribution in [0.4, 0.5) is 0 Å². The predicted molar refractivity (Wildman–Crippen MR) is 43.3 cm³/mol. The highest BCUT2D eigenvalue weighted by Gasteiger charge is 2.13. The third kappa shape index (κ3) is 1.70. The van der Waals surface area contributed by atoms with E-state index in [-0.39, 0.29) is 0 Å². The molecular weight excluding hydrogens is 140 g/mol. The normalized spacial score (nSPS) is 24.0. The minimum Gasteiger partial charge on any atom is -0.478 e. The van der Waals surface area contributed by atoms with Crippen molar-refractivity contribution in [1.82, 2.24) is 0 Å². The Bertz CT molecular complexity index is 236. The first-order valence-corrected chi connectivity index (χ1v) is 3.73. The van der Waals surface area contributed by atoms with Crippen molar-refractivity contribution in [1.29, 1.82) is 0 Å². The smallest absolute Gasteiger partial charge is 0.335 e. The number of hydrogen-bond donors (Lipinski definition) is 1. The van der Waals surface area contributed by atoms with Crippen LogP contribution in [0.15, 0.2) is 23.3 Å². The number of hydrogen-bond acceptors (Lipinski definition) is 1. The molecular formula is C9H12O2. The number of carboxylic acid groups (broad SMARTS) is 1. The fraction of sp³-hybridized carbons (Fsp3) is 0.444. The molecule has 0 saturated carbocycles. The van der Waals surface area contributed by atoms with E-state index < -0.39 is 5.97 Å². The number of allylic oxidation sites excluding steroid dienone is 2. The van der Waals surface area contributed by atoms with Crippen molar-refractivity contribution in [3.8, 4) is 0 Å². The van der Waals surface area contributed by atoms with Gasteiger partial charge >= 0.3 is 5.97 Å². The average molecular weight is 152 g/mol. The van der Waals surface area contributed by atoms with Crippen molar-refractivity contribution in [2.24, 2.45) is 5.92 Å². The van der Waals surface area contributed by atoms with Crippen molar-refractivity contribution in [2.75, 3.05) is 0 Å². The molecule has 1 aliphatic carbocycles. The standard InChI is InChI=1S/C9H12O2/c1-6-3-4-8(9(10)11)5-7(6)2/h4-6H,3H2,1-2H3,(H,10,11). The van der Waals surface area contributed by atoms with Crippen LogP contribution < -0.4 is 0 Å². The van der Waals surface area contributed by atoms with Crippen molar-refractivity contribution >= 4 is 5.97 Å². The molecule has 0 heterocycles. The second-order valence-corrected chi connectivity index (χ2v) is 2.99. The van der Waals surface area contributed by atoms with Crippen LogP contribution >= 0.6 is 0 Å². The minimum absolute atomic E-state index is 0.431. The Labute approximate surface area is 66.2 Å². The van der Waals surface area contributed by atoms with Crippen LogP contribution in [0.5, 0.6) is 0 Å². The highest BCUT2D eigenvalue weighted by Crippen LogP contribution is 2.22. The summed E-state index contributed by atoms with van der Waals surface area (Å²) in [4.78, 5) is 10.5. The van der Waals surface area contributed by atoms with E-state index in [0.29, 0.717) is 11.5 Å². The van der Waals surface area contributed by atoms with Crippen LogP contribution in [0.2, 0.25) is 0 Å². The Balaban J connectivity index is 2.83. The van der Waals surface area contributed by atoms with Crippen LogP contribution in [-0.4, -0.2) is 11.1 Å². The van der Waals surface area contributed by atoms with E-state index in [1.807, 2.05) is 6.92 Å². The van der Waals surface area contributed by atoms with Gasteiger partial charge in [-0.25, -0.2) is 4.79 Å². The lowest BCUT2D eigenvalue weighted by atomic mass is 9.91. The van der Waals surface area contributed by atoms with Gasteiger partial charge in [-0.3, -0.25) is 0 Å². The molecule has 0 aromatic rings. The van der Waals surface area contributed by atoms with E-state index in [9.17, 15) is 4.79 Å². The maximum atomic E-state index is 10.5. The molecule has 2 nitrogen and oxygen atoms in total. The lowest BCUT2D eigenvalue weighted by Crippen LogP contribution is -2.06. The van der Waals surface area contributed by atoms with Crippen LogP contribution in [0.3, 0.4) is 0 Å². The van der Waals surface area contributed by atoms with Gasteiger partial charge in [0.25, 0.3) is 0 Å². The summed E-state index contributed by atoms with van der Waals surface area (Å²) < 4.78 is 0. The summed E-state index contributed by atoms with van der Waals surface area (Å²) in [5.74, 6) is -0.325. The average Bonchev–Trinajstić information content (AvgIpc) is 1.94. The van der Waals surface area contributed by atoms with Gasteiger partial charge < -0.3 is 5.11 Å². The van der Waals surface area contributed by atoms with E-state index >= 15 is 0 Å². The molecule has 2 heteroatoms. The number of rotatable bonds is 1. The Kier molecular flexibility index (Phi) is 2.13. The van der Waals surface area contributed by atoms with Crippen molar-refractivity contribution in [3.05, 3.63) is 23.3 Å². The Morgan fingerprint density at radius 1 is 1.73 bits per heavy atom. The maximum absolute atomic E-state index is 10.5. The first-order valence-electron chi connectivity index (χ1n) is 3.73. The highest BCUT2D eigenvalue weighted by atomic mass is 16.4. The quantitative estimate of drug-likeness (QED) is 0.623. The summed E-state index contributed by atoms with van der Waals surface area (Å²) in [5, 5.41) is 8.63. The molecule has 11 heavy (non-hydrogen) atoms. The van der Waals surface area contributed by atoms with E-state index in [0.717, 1.165) is 12.0 Å². The van der Waals surface area contributed by atoms with Crippen LogP contribution in [0.25, 0.3) is 0 Å². The van der Waals surface area contributed by atoms with Crippen LogP contribution in [0, 0.1) is 5.92 Å². The summed E-state index contributed by atoms with van der Waals surface area (Å²) >= 11 is 0. The summed E-state index contributed by atoms with van der Waals surface area (Å²) in [6, 6.07) is 0. The van der Waals surface area contributed by atoms with Crippen molar-refractivity contribution in [3.63, 3.8) is 0 Å². The highest BCUT2D eigenvalue weighted by molar-refractivity contribution is 5.90. The Morgan fingerprint density at radius 3 is 2.82 bits per heavy atom. The van der Waals surface area contributed by atoms with E-state index in [2.05, 4.69) is 6.92 Å². The van der Waals surface area contributed by atoms with E-state index in [4.69, 9.17) is 5.11 Å². The lowest BCUT2D eigenvalue weighted by Gasteiger charge is -2.14. The van der Waals surface area contributed by atoms with Gasteiger partial charge in [-0.2, -0.15) is 0 Å². The SMILES string of the molecule is CC1=CC(C(=O)O)=CCC1C. The maximum Gasteiger partial charge on any atom is 0.335 e. The van der Waals surface area contributed by atoms with Gasteiger partial charge in [0.15, 0.2) is 0 Å². The zero-order valence-electron chi connectivity index (χ0n) is 6.79. The summed E-state index contributed by atoms with van der Waals surface area (Å²) in [5.41, 5.74) is 1.59. The van der Waals surface area contributed by atoms with Gasteiger partial charge in [0, 0.05) is 0 Å². The number of carbonyl (C=O) groups is 1. The molecule has 0 aromatic heterocycles. The third-order valence-electron chi connectivity index (χ3n) is 2.10. The molecule has 0 fully saturated rings. The molecule has 0 aliphatic heterocycles. The number of aliphatic carboxylic acids is 1. The van der Waals surface area contributed by atoms with Gasteiger partial charge in [-0.1, -0.05) is 18.6 Å². The van der Waals surface area contributed by atoms with E-state index in [1.54, 1.807) is 12.2 Å². The molecule has 1 unspecified atom stereocenters. The first-order chi connectivity index (χ1) is 5.11. The molecule has 60 valence electrons. The monoisotopic (exact) mass is 152 g/mol. The van der Waals surface area contributed by atoms with Crippen molar-refractivity contribution in [2.45, 2.75) is 20.3 Å². The molecule has 1 N–H and O–H groups in total. The molecule has 0 radical (unpaired) electrons. The Morgan fingerprint density at radius 2 is 2.36 bits per heavy atom. The van der Waals surface area contributed by atoms with Gasteiger partial charge in [0.05, 0.1) is 5.57 Å². The van der Waals surface area contributed by atoms with E-state index in [1.165, 1.54) is 0 Å². The molecule has 1 rings (SSSR count). The third-order valence-corrected chi connectivity index (χ3v) is 2.10. The minimum atomic E-state index is -0.823. The molecule has 0 saturated heterocycles. The Hall–Kier alpha value is -1.05. The molecule has 1 atom stereocenters. The van der Waals surface area contributed by atoms with Gasteiger partial charge in [-0.15, -0.1) is 0 Å². The molecule has 0 aromatic carbocycles. The predicted octanol–water partition coefficient (Wildman–Crippen LogP) is 1.98. The fourth-order valence-electron chi connectivity index (χ4n) is 1.09. The lowest BCUT2D eigenvalue weighted by molar-refractivity contribution is -0.132. The zero-order valence-corrected chi connectivity index (χ0v) is 6.79. The largest absolute Gasteiger partial charge is 0.478 e. The second kappa shape index (κ2) is 2.91. The molecule has 1 aliphatic rings.